The number of rotatable bonds is 2. The summed E-state index contributed by atoms with van der Waals surface area (Å²) in [4.78, 5) is 0. The first-order valence-corrected chi connectivity index (χ1v) is 7.50. The molecule has 0 saturated carbocycles. The fraction of sp³-hybridized carbons (Fsp3) is 0.467. The van der Waals surface area contributed by atoms with E-state index >= 15 is 0 Å². The quantitative estimate of drug-likeness (QED) is 0.605. The first kappa shape index (κ1) is 18.4. The third kappa shape index (κ3) is 3.30. The number of allylic oxidation sites excluding steroid dienone is 1. The molecule has 1 aromatic carbocycles. The second-order valence-electron chi connectivity index (χ2n) is 5.22. The van der Waals surface area contributed by atoms with Crippen molar-refractivity contribution in [3.8, 4) is 0 Å². The fourth-order valence-corrected chi connectivity index (χ4v) is 3.53. The van der Waals surface area contributed by atoms with Gasteiger partial charge in [0, 0.05) is 0 Å². The Hall–Kier alpha value is 0.423. The van der Waals surface area contributed by atoms with Crippen molar-refractivity contribution in [3.63, 3.8) is 0 Å². The van der Waals surface area contributed by atoms with E-state index in [0.29, 0.717) is 15.5 Å². The monoisotopic (exact) mass is 359 g/mol. The van der Waals surface area contributed by atoms with Gasteiger partial charge >= 0.3 is 114 Å². The van der Waals surface area contributed by atoms with Gasteiger partial charge in [-0.1, -0.05) is 0 Å². The normalized spacial score (nSPS) is 16.6. The molecule has 2 rings (SSSR count). The molecule has 0 fully saturated rings. The summed E-state index contributed by atoms with van der Waals surface area (Å²) in [5.74, 6) is 1.26. The SMILES string of the molecule is CC(C)c1ccc(C(C)C)c2c1C=C[CH]2[Zr+2].[Cl-].[Cl-]. The molecule has 1 atom stereocenters. The molecule has 18 heavy (non-hydrogen) atoms. The maximum Gasteiger partial charge on any atom is -1.00 e. The summed E-state index contributed by atoms with van der Waals surface area (Å²) >= 11 is 1.61. The average molecular weight is 361 g/mol. The molecule has 0 bridgehead atoms. The van der Waals surface area contributed by atoms with E-state index in [1.165, 1.54) is 11.1 Å². The minimum Gasteiger partial charge on any atom is -1.00 e. The van der Waals surface area contributed by atoms with Crippen molar-refractivity contribution in [3.05, 3.63) is 40.5 Å². The van der Waals surface area contributed by atoms with Crippen molar-refractivity contribution < 1.29 is 49.5 Å². The van der Waals surface area contributed by atoms with Crippen molar-refractivity contribution in [2.24, 2.45) is 0 Å². The second-order valence-corrected chi connectivity index (χ2v) is 6.75. The average Bonchev–Trinajstić information content (AvgIpc) is 2.59. The second kappa shape index (κ2) is 7.27. The van der Waals surface area contributed by atoms with Gasteiger partial charge in [0.15, 0.2) is 0 Å². The van der Waals surface area contributed by atoms with E-state index in [4.69, 9.17) is 0 Å². The molecule has 0 aliphatic heterocycles. The molecule has 3 heteroatoms. The van der Waals surface area contributed by atoms with Gasteiger partial charge in [0.05, 0.1) is 0 Å². The number of hydrogen-bond donors (Lipinski definition) is 0. The van der Waals surface area contributed by atoms with Crippen molar-refractivity contribution in [1.29, 1.82) is 0 Å². The van der Waals surface area contributed by atoms with Crippen LogP contribution in [-0.2, 0) is 24.7 Å². The molecule has 0 aromatic heterocycles. The van der Waals surface area contributed by atoms with Gasteiger partial charge < -0.3 is 24.8 Å². The number of hydrogen-bond acceptors (Lipinski definition) is 0. The van der Waals surface area contributed by atoms with Crippen LogP contribution in [0.2, 0.25) is 0 Å². The molecule has 0 nitrogen and oxygen atoms in total. The fourth-order valence-electron chi connectivity index (χ4n) is 2.50. The van der Waals surface area contributed by atoms with Gasteiger partial charge in [-0.2, -0.15) is 0 Å². The third-order valence-corrected chi connectivity index (χ3v) is 4.55. The Kier molecular flexibility index (Phi) is 7.44. The minimum atomic E-state index is 0. The van der Waals surface area contributed by atoms with Crippen LogP contribution in [-0.4, -0.2) is 0 Å². The van der Waals surface area contributed by atoms with Crippen molar-refractivity contribution in [2.45, 2.75) is 43.2 Å². The van der Waals surface area contributed by atoms with E-state index < -0.39 is 0 Å². The zero-order valence-corrected chi connectivity index (χ0v) is 15.3. The van der Waals surface area contributed by atoms with Crippen LogP contribution in [0, 0.1) is 0 Å². The zero-order chi connectivity index (χ0) is 11.9. The van der Waals surface area contributed by atoms with Crippen LogP contribution in [0.25, 0.3) is 6.08 Å². The standard InChI is InChI=1S/C15H19.2ClH.Zr/c1-10(2)12-8-9-13(11(3)4)15-7-5-6-14(12)15;;;/h5-11H,1-4H3;2*1H;/q;;;+2/p-2. The number of fused-ring (bicyclic) bond motifs is 1. The van der Waals surface area contributed by atoms with E-state index in [1.807, 2.05) is 0 Å². The Balaban J connectivity index is 0.00000144. The van der Waals surface area contributed by atoms with Gasteiger partial charge in [0.2, 0.25) is 0 Å². The zero-order valence-electron chi connectivity index (χ0n) is 11.3. The van der Waals surface area contributed by atoms with Gasteiger partial charge in [-0.15, -0.1) is 0 Å². The van der Waals surface area contributed by atoms with Crippen LogP contribution < -0.4 is 24.8 Å². The van der Waals surface area contributed by atoms with E-state index in [0.717, 1.165) is 0 Å². The Morgan fingerprint density at radius 1 is 0.944 bits per heavy atom. The molecular weight excluding hydrogens is 342 g/mol. The molecule has 0 saturated heterocycles. The van der Waals surface area contributed by atoms with E-state index in [9.17, 15) is 0 Å². The first-order valence-electron chi connectivity index (χ1n) is 6.08. The molecule has 0 spiro atoms. The Labute approximate surface area is 138 Å². The van der Waals surface area contributed by atoms with Crippen molar-refractivity contribution in [2.75, 3.05) is 0 Å². The van der Waals surface area contributed by atoms with Crippen LogP contribution in [0.1, 0.15) is 65.4 Å². The molecule has 1 aliphatic carbocycles. The third-order valence-electron chi connectivity index (χ3n) is 3.36. The Morgan fingerprint density at radius 3 is 1.94 bits per heavy atom. The summed E-state index contributed by atoms with van der Waals surface area (Å²) in [6, 6.07) is 4.68. The van der Waals surface area contributed by atoms with E-state index in [-0.39, 0.29) is 24.8 Å². The number of halogens is 2. The molecule has 0 radical (unpaired) electrons. The van der Waals surface area contributed by atoms with Gasteiger partial charge in [-0.05, 0) is 0 Å². The molecule has 97 valence electrons. The topological polar surface area (TPSA) is 0 Å². The van der Waals surface area contributed by atoms with Gasteiger partial charge in [-0.25, -0.2) is 0 Å². The predicted octanol–water partition coefficient (Wildman–Crippen LogP) is -1.44. The van der Waals surface area contributed by atoms with Gasteiger partial charge in [0.25, 0.3) is 0 Å². The Bertz CT molecular complexity index is 436. The molecule has 0 amide bonds. The molecular formula is C15H19Cl2Zr. The molecule has 0 heterocycles. The van der Waals surface area contributed by atoms with Crippen molar-refractivity contribution in [1.82, 2.24) is 0 Å². The van der Waals surface area contributed by atoms with Crippen LogP contribution >= 0.6 is 0 Å². The van der Waals surface area contributed by atoms with Crippen molar-refractivity contribution >= 4 is 6.08 Å². The summed E-state index contributed by atoms with van der Waals surface area (Å²) in [5, 5.41) is 0. The van der Waals surface area contributed by atoms with E-state index in [2.05, 4.69) is 52.0 Å². The first-order chi connectivity index (χ1) is 7.52. The summed E-state index contributed by atoms with van der Waals surface area (Å²) in [6.07, 6.45) is 4.72. The molecule has 1 unspecified atom stereocenters. The van der Waals surface area contributed by atoms with Crippen LogP contribution in [0.3, 0.4) is 0 Å². The molecule has 1 aromatic rings. The largest absolute Gasteiger partial charge is 1.00 e. The molecule has 0 N–H and O–H groups in total. The minimum absolute atomic E-state index is 0. The van der Waals surface area contributed by atoms with Gasteiger partial charge in [0.1, 0.15) is 0 Å². The summed E-state index contributed by atoms with van der Waals surface area (Å²) < 4.78 is 0.679. The Morgan fingerprint density at radius 2 is 1.44 bits per heavy atom. The summed E-state index contributed by atoms with van der Waals surface area (Å²) in [5.41, 5.74) is 6.19. The van der Waals surface area contributed by atoms with Crippen LogP contribution in [0.4, 0.5) is 0 Å². The maximum atomic E-state index is 2.38. The van der Waals surface area contributed by atoms with Crippen LogP contribution in [0.5, 0.6) is 0 Å². The summed E-state index contributed by atoms with van der Waals surface area (Å²) in [6.45, 7) is 9.17. The number of benzene rings is 1. The van der Waals surface area contributed by atoms with E-state index in [1.54, 1.807) is 35.8 Å². The molecule has 1 aliphatic rings. The van der Waals surface area contributed by atoms with Gasteiger partial charge in [-0.3, -0.25) is 0 Å². The summed E-state index contributed by atoms with van der Waals surface area (Å²) in [7, 11) is 0. The smallest absolute Gasteiger partial charge is 1.00 e. The van der Waals surface area contributed by atoms with Crippen LogP contribution in [0.15, 0.2) is 18.2 Å². The maximum absolute atomic E-state index is 2.38. The predicted molar refractivity (Wildman–Crippen MR) is 66.4 cm³/mol.